The standard InChI is InChI=1S/C22H26N2O6S2/c25-22(20-10-3-4-11-21(20)32(28,29)24-12-14-30-15-13-24)23-17-6-5-9-19(16-17)31(26,27)18-7-1-2-8-18/h3-6,9-11,16,18H,1-2,7-8,12-15H2,(H,23,25). The van der Waals surface area contributed by atoms with Gasteiger partial charge in [0.2, 0.25) is 10.0 Å². The third-order valence-electron chi connectivity index (χ3n) is 5.88. The Labute approximate surface area is 188 Å². The molecule has 0 aromatic heterocycles. The zero-order valence-corrected chi connectivity index (χ0v) is 19.2. The summed E-state index contributed by atoms with van der Waals surface area (Å²) in [5.41, 5.74) is 0.302. The maximum atomic E-state index is 13.1. The summed E-state index contributed by atoms with van der Waals surface area (Å²) in [5.74, 6) is -0.618. The van der Waals surface area contributed by atoms with Crippen LogP contribution in [-0.4, -0.2) is 58.6 Å². The van der Waals surface area contributed by atoms with Crippen molar-refractivity contribution in [2.45, 2.75) is 40.7 Å². The molecular formula is C22H26N2O6S2. The second-order valence-electron chi connectivity index (χ2n) is 7.95. The van der Waals surface area contributed by atoms with Gasteiger partial charge in [0.1, 0.15) is 0 Å². The predicted molar refractivity (Wildman–Crippen MR) is 120 cm³/mol. The Morgan fingerprint density at radius 2 is 1.62 bits per heavy atom. The van der Waals surface area contributed by atoms with E-state index in [4.69, 9.17) is 4.74 Å². The van der Waals surface area contributed by atoms with E-state index in [1.165, 1.54) is 28.6 Å². The second kappa shape index (κ2) is 9.30. The summed E-state index contributed by atoms with van der Waals surface area (Å²) in [4.78, 5) is 13.1. The number of morpholine rings is 1. The normalized spacial score (nSPS) is 18.5. The molecule has 2 aromatic rings. The molecule has 0 atom stereocenters. The molecule has 172 valence electrons. The van der Waals surface area contributed by atoms with Crippen LogP contribution in [0.1, 0.15) is 36.0 Å². The number of ether oxygens (including phenoxy) is 1. The zero-order valence-electron chi connectivity index (χ0n) is 17.6. The summed E-state index contributed by atoms with van der Waals surface area (Å²) >= 11 is 0. The molecule has 4 rings (SSSR count). The van der Waals surface area contributed by atoms with Gasteiger partial charge in [0.15, 0.2) is 9.84 Å². The summed E-state index contributed by atoms with van der Waals surface area (Å²) in [6.45, 7) is 1.05. The first-order chi connectivity index (χ1) is 15.3. The van der Waals surface area contributed by atoms with Crippen molar-refractivity contribution in [2.24, 2.45) is 0 Å². The highest BCUT2D eigenvalue weighted by Crippen LogP contribution is 2.31. The molecule has 10 heteroatoms. The van der Waals surface area contributed by atoms with Crippen molar-refractivity contribution in [3.05, 3.63) is 54.1 Å². The largest absolute Gasteiger partial charge is 0.379 e. The van der Waals surface area contributed by atoms with Crippen LogP contribution in [0.25, 0.3) is 0 Å². The first-order valence-corrected chi connectivity index (χ1v) is 13.6. The van der Waals surface area contributed by atoms with Gasteiger partial charge in [-0.25, -0.2) is 16.8 Å². The smallest absolute Gasteiger partial charge is 0.257 e. The van der Waals surface area contributed by atoms with Crippen molar-refractivity contribution in [3.63, 3.8) is 0 Å². The van der Waals surface area contributed by atoms with Crippen molar-refractivity contribution in [3.8, 4) is 0 Å². The van der Waals surface area contributed by atoms with Gasteiger partial charge in [0.05, 0.1) is 33.8 Å². The Morgan fingerprint density at radius 3 is 2.34 bits per heavy atom. The molecule has 2 fully saturated rings. The number of anilines is 1. The quantitative estimate of drug-likeness (QED) is 0.684. The average molecular weight is 479 g/mol. The van der Waals surface area contributed by atoms with Crippen LogP contribution >= 0.6 is 0 Å². The molecule has 0 radical (unpaired) electrons. The van der Waals surface area contributed by atoms with E-state index in [1.54, 1.807) is 24.3 Å². The third kappa shape index (κ3) is 4.59. The summed E-state index contributed by atoms with van der Waals surface area (Å²) in [6.07, 6.45) is 3.08. The van der Waals surface area contributed by atoms with Crippen molar-refractivity contribution >= 4 is 31.5 Å². The number of benzene rings is 2. The van der Waals surface area contributed by atoms with Gasteiger partial charge in [-0.05, 0) is 43.2 Å². The molecular weight excluding hydrogens is 452 g/mol. The number of nitrogens with one attached hydrogen (secondary N) is 1. The highest BCUT2D eigenvalue weighted by Gasteiger charge is 2.32. The number of amides is 1. The molecule has 1 heterocycles. The average Bonchev–Trinajstić information content (AvgIpc) is 3.36. The Balaban J connectivity index is 1.59. The molecule has 2 aliphatic rings. The molecule has 32 heavy (non-hydrogen) atoms. The van der Waals surface area contributed by atoms with Gasteiger partial charge in [-0.3, -0.25) is 4.79 Å². The lowest BCUT2D eigenvalue weighted by molar-refractivity contribution is 0.0730. The van der Waals surface area contributed by atoms with Crippen molar-refractivity contribution < 1.29 is 26.4 Å². The van der Waals surface area contributed by atoms with Crippen LogP contribution in [0.2, 0.25) is 0 Å². The number of sulfonamides is 1. The maximum absolute atomic E-state index is 13.1. The first-order valence-electron chi connectivity index (χ1n) is 10.6. The van der Waals surface area contributed by atoms with Crippen LogP contribution in [-0.2, 0) is 24.6 Å². The molecule has 0 unspecified atom stereocenters. The summed E-state index contributed by atoms with van der Waals surface area (Å²) < 4.78 is 58.5. The lowest BCUT2D eigenvalue weighted by Gasteiger charge is -2.26. The number of hydrogen-bond donors (Lipinski definition) is 1. The number of sulfone groups is 1. The number of carbonyl (C=O) groups is 1. The molecule has 1 amide bonds. The molecule has 8 nitrogen and oxygen atoms in total. The Kier molecular flexibility index (Phi) is 6.66. The summed E-state index contributed by atoms with van der Waals surface area (Å²) in [6, 6.07) is 12.1. The van der Waals surface area contributed by atoms with Crippen molar-refractivity contribution in [2.75, 3.05) is 31.6 Å². The van der Waals surface area contributed by atoms with E-state index >= 15 is 0 Å². The van der Waals surface area contributed by atoms with E-state index in [-0.39, 0.29) is 28.4 Å². The molecule has 1 N–H and O–H groups in total. The highest BCUT2D eigenvalue weighted by atomic mass is 32.2. The van der Waals surface area contributed by atoms with Crippen molar-refractivity contribution in [1.82, 2.24) is 4.31 Å². The molecule has 1 saturated carbocycles. The lowest BCUT2D eigenvalue weighted by Crippen LogP contribution is -2.41. The van der Waals surface area contributed by atoms with Crippen LogP contribution in [0.15, 0.2) is 58.3 Å². The minimum atomic E-state index is -3.88. The third-order valence-corrected chi connectivity index (χ3v) is 10.1. The van der Waals surface area contributed by atoms with Crippen molar-refractivity contribution in [1.29, 1.82) is 0 Å². The molecule has 0 spiro atoms. The van der Waals surface area contributed by atoms with E-state index in [0.29, 0.717) is 31.7 Å². The van der Waals surface area contributed by atoms with E-state index < -0.39 is 31.0 Å². The van der Waals surface area contributed by atoms with Gasteiger partial charge < -0.3 is 10.1 Å². The fourth-order valence-corrected chi connectivity index (χ4v) is 7.64. The van der Waals surface area contributed by atoms with Crippen LogP contribution in [0.3, 0.4) is 0 Å². The Bertz CT molecular complexity index is 1200. The van der Waals surface area contributed by atoms with E-state index in [1.807, 2.05) is 0 Å². The Morgan fingerprint density at radius 1 is 0.938 bits per heavy atom. The van der Waals surface area contributed by atoms with Crippen LogP contribution < -0.4 is 5.32 Å². The van der Waals surface area contributed by atoms with E-state index in [0.717, 1.165) is 12.8 Å². The lowest BCUT2D eigenvalue weighted by atomic mass is 10.2. The van der Waals surface area contributed by atoms with Crippen LogP contribution in [0, 0.1) is 0 Å². The summed E-state index contributed by atoms with van der Waals surface area (Å²) in [7, 11) is -7.35. The molecule has 1 aliphatic heterocycles. The minimum Gasteiger partial charge on any atom is -0.379 e. The molecule has 0 bridgehead atoms. The first kappa shape index (κ1) is 22.9. The summed E-state index contributed by atoms with van der Waals surface area (Å²) in [5, 5.41) is 2.27. The molecule has 1 aliphatic carbocycles. The number of nitrogens with zero attached hydrogens (tertiary/aromatic N) is 1. The van der Waals surface area contributed by atoms with E-state index in [9.17, 15) is 21.6 Å². The minimum absolute atomic E-state index is 0.00282. The monoisotopic (exact) mass is 478 g/mol. The highest BCUT2D eigenvalue weighted by molar-refractivity contribution is 7.92. The number of carbonyl (C=O) groups excluding carboxylic acids is 1. The van der Waals surface area contributed by atoms with Gasteiger partial charge >= 0.3 is 0 Å². The number of rotatable bonds is 6. The molecule has 1 saturated heterocycles. The number of hydrogen-bond acceptors (Lipinski definition) is 6. The fourth-order valence-electron chi connectivity index (χ4n) is 4.15. The second-order valence-corrected chi connectivity index (χ2v) is 12.1. The Hall–Kier alpha value is -2.27. The topological polar surface area (TPSA) is 110 Å². The van der Waals surface area contributed by atoms with Crippen LogP contribution in [0.5, 0.6) is 0 Å². The maximum Gasteiger partial charge on any atom is 0.257 e. The van der Waals surface area contributed by atoms with Gasteiger partial charge in [0, 0.05) is 18.8 Å². The van der Waals surface area contributed by atoms with Gasteiger partial charge in [0.25, 0.3) is 5.91 Å². The fraction of sp³-hybridized carbons (Fsp3) is 0.409. The van der Waals surface area contributed by atoms with Gasteiger partial charge in [-0.15, -0.1) is 0 Å². The SMILES string of the molecule is O=C(Nc1cccc(S(=O)(=O)C2CCCC2)c1)c1ccccc1S(=O)(=O)N1CCOCC1. The molecule has 2 aromatic carbocycles. The van der Waals surface area contributed by atoms with Crippen LogP contribution in [0.4, 0.5) is 5.69 Å². The van der Waals surface area contributed by atoms with Gasteiger partial charge in [-0.1, -0.05) is 31.0 Å². The van der Waals surface area contributed by atoms with Gasteiger partial charge in [-0.2, -0.15) is 4.31 Å². The predicted octanol–water partition coefficient (Wildman–Crippen LogP) is 2.68. The van der Waals surface area contributed by atoms with E-state index in [2.05, 4.69) is 5.32 Å². The zero-order chi connectivity index (χ0) is 22.8.